The summed E-state index contributed by atoms with van der Waals surface area (Å²) < 4.78 is 1.52. The molecule has 0 unspecified atom stereocenters. The van der Waals surface area contributed by atoms with Crippen LogP contribution in [0.2, 0.25) is 5.82 Å². The van der Waals surface area contributed by atoms with E-state index in [2.05, 4.69) is 56.0 Å². The summed E-state index contributed by atoms with van der Waals surface area (Å²) in [6.45, 7) is 2.25. The van der Waals surface area contributed by atoms with Crippen LogP contribution in [-0.4, -0.2) is 34.0 Å². The van der Waals surface area contributed by atoms with E-state index in [1.807, 2.05) is 0 Å². The number of benzene rings is 1. The Bertz CT molecular complexity index is 271. The molecule has 0 spiro atoms. The van der Waals surface area contributed by atoms with E-state index in [-0.39, 0.29) is 0 Å². The minimum atomic E-state index is 0.526. The molecule has 1 aromatic carbocycles. The fourth-order valence-electron chi connectivity index (χ4n) is 1.29. The summed E-state index contributed by atoms with van der Waals surface area (Å²) in [6.07, 6.45) is 0. The van der Waals surface area contributed by atoms with Crippen molar-refractivity contribution in [2.75, 3.05) is 14.1 Å². The first-order valence-electron chi connectivity index (χ1n) is 4.46. The Morgan fingerprint density at radius 3 is 2.38 bits per heavy atom. The number of rotatable bonds is 3. The molecule has 0 aliphatic carbocycles. The standard InChI is InChI=1S/C11H17NSe/c1-9(12(2)3)10-7-5-6-8-11(10)13-4/h5-9H,1-4H3/t9-/m0/s1. The van der Waals surface area contributed by atoms with Gasteiger partial charge in [-0.15, -0.1) is 0 Å². The zero-order valence-corrected chi connectivity index (χ0v) is 10.5. The second-order valence-electron chi connectivity index (χ2n) is 3.38. The van der Waals surface area contributed by atoms with Gasteiger partial charge in [0, 0.05) is 0 Å². The van der Waals surface area contributed by atoms with Gasteiger partial charge in [0.25, 0.3) is 0 Å². The predicted octanol–water partition coefficient (Wildman–Crippen LogP) is 1.69. The van der Waals surface area contributed by atoms with E-state index in [4.69, 9.17) is 0 Å². The van der Waals surface area contributed by atoms with Gasteiger partial charge < -0.3 is 0 Å². The number of hydrogen-bond donors (Lipinski definition) is 0. The van der Waals surface area contributed by atoms with Crippen molar-refractivity contribution in [2.45, 2.75) is 18.8 Å². The van der Waals surface area contributed by atoms with Gasteiger partial charge in [-0.25, -0.2) is 0 Å². The van der Waals surface area contributed by atoms with Gasteiger partial charge in [-0.05, 0) is 0 Å². The molecule has 0 saturated heterocycles. The SMILES string of the molecule is C[Se]c1ccccc1[C@H](C)N(C)C. The Balaban J connectivity index is 2.98. The molecule has 0 heterocycles. The van der Waals surface area contributed by atoms with Crippen molar-refractivity contribution < 1.29 is 0 Å². The summed E-state index contributed by atoms with van der Waals surface area (Å²) in [7, 11) is 4.26. The van der Waals surface area contributed by atoms with Crippen molar-refractivity contribution in [2.24, 2.45) is 0 Å². The maximum absolute atomic E-state index is 2.27. The Morgan fingerprint density at radius 2 is 1.85 bits per heavy atom. The van der Waals surface area contributed by atoms with Crippen molar-refractivity contribution in [3.8, 4) is 0 Å². The van der Waals surface area contributed by atoms with Crippen LogP contribution < -0.4 is 4.46 Å². The van der Waals surface area contributed by atoms with E-state index in [0.29, 0.717) is 21.0 Å². The zero-order valence-electron chi connectivity index (χ0n) is 8.74. The molecule has 0 aromatic heterocycles. The fraction of sp³-hybridized carbons (Fsp3) is 0.455. The van der Waals surface area contributed by atoms with Crippen LogP contribution in [0.5, 0.6) is 0 Å². The van der Waals surface area contributed by atoms with Crippen LogP contribution in [0.25, 0.3) is 0 Å². The third-order valence-corrected chi connectivity index (χ3v) is 4.07. The zero-order chi connectivity index (χ0) is 9.84. The van der Waals surface area contributed by atoms with Crippen LogP contribution in [0.1, 0.15) is 18.5 Å². The number of nitrogens with zero attached hydrogens (tertiary/aromatic N) is 1. The molecular weight excluding hydrogens is 225 g/mol. The molecule has 0 saturated carbocycles. The van der Waals surface area contributed by atoms with Crippen LogP contribution in [0.3, 0.4) is 0 Å². The van der Waals surface area contributed by atoms with Crippen molar-refractivity contribution in [3.05, 3.63) is 29.8 Å². The molecule has 1 rings (SSSR count). The summed E-state index contributed by atoms with van der Waals surface area (Å²) in [5.41, 5.74) is 1.48. The van der Waals surface area contributed by atoms with E-state index in [1.165, 1.54) is 10.0 Å². The van der Waals surface area contributed by atoms with Crippen LogP contribution in [-0.2, 0) is 0 Å². The Labute approximate surface area is 87.3 Å². The van der Waals surface area contributed by atoms with Crippen LogP contribution in [0, 0.1) is 0 Å². The number of hydrogen-bond acceptors (Lipinski definition) is 1. The average Bonchev–Trinajstić information content (AvgIpc) is 2.16. The van der Waals surface area contributed by atoms with Crippen molar-refractivity contribution >= 4 is 19.4 Å². The van der Waals surface area contributed by atoms with Crippen molar-refractivity contribution in [3.63, 3.8) is 0 Å². The molecular formula is C11H17NSe. The van der Waals surface area contributed by atoms with Crippen LogP contribution in [0.4, 0.5) is 0 Å². The van der Waals surface area contributed by atoms with Gasteiger partial charge in [-0.3, -0.25) is 0 Å². The summed E-state index contributed by atoms with van der Waals surface area (Å²) in [5.74, 6) is 2.27. The van der Waals surface area contributed by atoms with E-state index in [1.54, 1.807) is 0 Å². The van der Waals surface area contributed by atoms with Gasteiger partial charge in [-0.1, -0.05) is 0 Å². The second-order valence-corrected chi connectivity index (χ2v) is 5.16. The third kappa shape index (κ3) is 2.57. The van der Waals surface area contributed by atoms with Gasteiger partial charge in [0.15, 0.2) is 0 Å². The first-order chi connectivity index (χ1) is 6.16. The monoisotopic (exact) mass is 243 g/mol. The van der Waals surface area contributed by atoms with Crippen LogP contribution >= 0.6 is 0 Å². The molecule has 0 radical (unpaired) electrons. The second kappa shape index (κ2) is 4.80. The molecule has 0 aliphatic rings. The summed E-state index contributed by atoms with van der Waals surface area (Å²) in [5, 5.41) is 0. The van der Waals surface area contributed by atoms with E-state index < -0.39 is 0 Å². The van der Waals surface area contributed by atoms with Crippen molar-refractivity contribution in [1.82, 2.24) is 4.90 Å². The van der Waals surface area contributed by atoms with E-state index in [9.17, 15) is 0 Å². The predicted molar refractivity (Wildman–Crippen MR) is 59.8 cm³/mol. The first kappa shape index (κ1) is 10.8. The minimum absolute atomic E-state index is 0.526. The summed E-state index contributed by atoms with van der Waals surface area (Å²) >= 11 is 0.598. The first-order valence-corrected chi connectivity index (χ1v) is 7.03. The molecule has 13 heavy (non-hydrogen) atoms. The quantitative estimate of drug-likeness (QED) is 0.729. The molecule has 72 valence electrons. The van der Waals surface area contributed by atoms with E-state index in [0.717, 1.165) is 0 Å². The van der Waals surface area contributed by atoms with Gasteiger partial charge in [-0.2, -0.15) is 0 Å². The molecule has 0 N–H and O–H groups in total. The van der Waals surface area contributed by atoms with Gasteiger partial charge in [0.05, 0.1) is 0 Å². The van der Waals surface area contributed by atoms with Gasteiger partial charge >= 0.3 is 87.0 Å². The average molecular weight is 242 g/mol. The van der Waals surface area contributed by atoms with Crippen LogP contribution in [0.15, 0.2) is 24.3 Å². The molecule has 0 amide bonds. The fourth-order valence-corrected chi connectivity index (χ4v) is 2.74. The van der Waals surface area contributed by atoms with Gasteiger partial charge in [0.1, 0.15) is 0 Å². The van der Waals surface area contributed by atoms with Crippen molar-refractivity contribution in [1.29, 1.82) is 0 Å². The molecule has 0 aliphatic heterocycles. The van der Waals surface area contributed by atoms with Gasteiger partial charge in [0.2, 0.25) is 0 Å². The Kier molecular flexibility index (Phi) is 3.98. The topological polar surface area (TPSA) is 3.24 Å². The molecule has 1 nitrogen and oxygen atoms in total. The Hall–Kier alpha value is -0.301. The Morgan fingerprint density at radius 1 is 1.23 bits per heavy atom. The molecule has 0 fully saturated rings. The molecule has 0 bridgehead atoms. The normalized spacial score (nSPS) is 13.3. The molecule has 1 atom stereocenters. The summed E-state index contributed by atoms with van der Waals surface area (Å²) in [6, 6.07) is 9.27. The molecule has 1 aromatic rings. The van der Waals surface area contributed by atoms with E-state index >= 15 is 0 Å². The molecule has 2 heteroatoms. The summed E-state index contributed by atoms with van der Waals surface area (Å²) in [4.78, 5) is 2.25. The third-order valence-electron chi connectivity index (χ3n) is 2.36. The maximum atomic E-state index is 2.27.